The summed E-state index contributed by atoms with van der Waals surface area (Å²) in [6, 6.07) is 11.5. The van der Waals surface area contributed by atoms with Crippen molar-refractivity contribution < 1.29 is 43.5 Å². The van der Waals surface area contributed by atoms with Gasteiger partial charge in [-0.1, -0.05) is 47.6 Å². The van der Waals surface area contributed by atoms with Crippen molar-refractivity contribution in [2.75, 3.05) is 17.2 Å². The topological polar surface area (TPSA) is 153 Å². The van der Waals surface area contributed by atoms with E-state index >= 15 is 4.79 Å². The Morgan fingerprint density at radius 3 is 2.32 bits per heavy atom. The lowest BCUT2D eigenvalue weighted by atomic mass is 9.46. The van der Waals surface area contributed by atoms with Crippen LogP contribution in [-0.4, -0.2) is 62.9 Å². The molecule has 3 saturated carbocycles. The van der Waals surface area contributed by atoms with Gasteiger partial charge in [0, 0.05) is 40.9 Å². The molecule has 3 aliphatic carbocycles. The fourth-order valence-electron chi connectivity index (χ4n) is 11.5. The molecule has 0 aromatic heterocycles. The molecule has 1 spiro atoms. The number of hydrogen-bond acceptors (Lipinski definition) is 9. The summed E-state index contributed by atoms with van der Waals surface area (Å²) >= 11 is 0. The summed E-state index contributed by atoms with van der Waals surface area (Å²) in [5.41, 5.74) is 3.99. The molecule has 9 rings (SSSR count). The second kappa shape index (κ2) is 17.2. The molecule has 6 aliphatic rings. The molecule has 4 fully saturated rings. The van der Waals surface area contributed by atoms with Crippen molar-refractivity contribution in [2.24, 2.45) is 17.8 Å². The molecule has 4 bridgehead atoms. The van der Waals surface area contributed by atoms with Crippen molar-refractivity contribution in [3.05, 3.63) is 111 Å². The van der Waals surface area contributed by atoms with Gasteiger partial charge in [0.15, 0.2) is 17.1 Å². The van der Waals surface area contributed by atoms with E-state index in [0.717, 1.165) is 34.4 Å². The average molecular weight is 899 g/mol. The van der Waals surface area contributed by atoms with E-state index < -0.39 is 40.4 Å². The summed E-state index contributed by atoms with van der Waals surface area (Å²) in [7, 11) is 0. The SMILES string of the molecule is CC(C)=CCCC1(C)C=Cc2c(c(CC=C(C)C)c3c(c2Oc2cc(C)cc(NCC(=O)Nc4c(C)cccc4C)c2)C(=O)C2CC4CC5C(C)(C)OC(C/C=C(\C)C(=O)O)(C4O)C25O3)O1. The molecule has 7 unspecified atom stereocenters. The summed E-state index contributed by atoms with van der Waals surface area (Å²) in [6.07, 6.45) is 11.8. The molecule has 3 aromatic rings. The lowest BCUT2D eigenvalue weighted by Gasteiger charge is -2.63. The Hall–Kier alpha value is -5.65. The van der Waals surface area contributed by atoms with Crippen LogP contribution in [0.1, 0.15) is 126 Å². The minimum Gasteiger partial charge on any atom is -0.482 e. The van der Waals surface area contributed by atoms with Crippen LogP contribution in [0.25, 0.3) is 6.08 Å². The molecule has 11 nitrogen and oxygen atoms in total. The van der Waals surface area contributed by atoms with Crippen LogP contribution in [0.15, 0.2) is 77.4 Å². The molecule has 350 valence electrons. The summed E-state index contributed by atoms with van der Waals surface area (Å²) in [5.74, 6) is -1.13. The van der Waals surface area contributed by atoms with Crippen molar-refractivity contribution in [2.45, 2.75) is 143 Å². The Morgan fingerprint density at radius 1 is 0.924 bits per heavy atom. The number of Topliss-reactive ketones (excluding diaryl/α,β-unsaturated/α-hetero) is 1. The largest absolute Gasteiger partial charge is 0.482 e. The second-order valence-electron chi connectivity index (χ2n) is 20.6. The van der Waals surface area contributed by atoms with Gasteiger partial charge >= 0.3 is 5.97 Å². The van der Waals surface area contributed by atoms with E-state index in [1.807, 2.05) is 97.0 Å². The number of aliphatic hydroxyl groups is 1. The van der Waals surface area contributed by atoms with Gasteiger partial charge in [0.1, 0.15) is 34.0 Å². The fourth-order valence-corrected chi connectivity index (χ4v) is 11.5. The van der Waals surface area contributed by atoms with Gasteiger partial charge in [-0.3, -0.25) is 9.59 Å². The summed E-state index contributed by atoms with van der Waals surface area (Å²) in [6.45, 7) is 21.7. The van der Waals surface area contributed by atoms with E-state index in [9.17, 15) is 19.8 Å². The van der Waals surface area contributed by atoms with Crippen LogP contribution < -0.4 is 24.8 Å². The molecular formula is C55H66N2O9. The van der Waals surface area contributed by atoms with Crippen molar-refractivity contribution in [1.82, 2.24) is 0 Å². The van der Waals surface area contributed by atoms with Crippen LogP contribution in [-0.2, 0) is 20.7 Å². The highest BCUT2D eigenvalue weighted by Crippen LogP contribution is 2.71. The van der Waals surface area contributed by atoms with E-state index in [2.05, 4.69) is 43.6 Å². The third-order valence-corrected chi connectivity index (χ3v) is 14.7. The van der Waals surface area contributed by atoms with Crippen LogP contribution >= 0.6 is 0 Å². The molecule has 11 heteroatoms. The van der Waals surface area contributed by atoms with Crippen LogP contribution in [0.3, 0.4) is 0 Å². The number of benzene rings is 3. The van der Waals surface area contributed by atoms with Crippen LogP contribution in [0, 0.1) is 38.5 Å². The number of anilines is 2. The number of aryl methyl sites for hydroxylation is 3. The molecule has 3 heterocycles. The fraction of sp³-hybridized carbons (Fsp3) is 0.473. The maximum atomic E-state index is 15.9. The third kappa shape index (κ3) is 8.06. The van der Waals surface area contributed by atoms with Gasteiger partial charge in [-0.25, -0.2) is 4.79 Å². The van der Waals surface area contributed by atoms with E-state index in [4.69, 9.17) is 18.9 Å². The van der Waals surface area contributed by atoms with Gasteiger partial charge in [0.05, 0.1) is 29.7 Å². The zero-order valence-corrected chi connectivity index (χ0v) is 40.4. The minimum atomic E-state index is -1.43. The van der Waals surface area contributed by atoms with E-state index in [1.54, 1.807) is 6.08 Å². The molecule has 0 radical (unpaired) electrons. The number of ketones is 1. The minimum absolute atomic E-state index is 0.00799. The first-order chi connectivity index (χ1) is 31.1. The Kier molecular flexibility index (Phi) is 12.2. The first-order valence-electron chi connectivity index (χ1n) is 23.4. The Bertz CT molecular complexity index is 2610. The highest BCUT2D eigenvalue weighted by atomic mass is 16.6. The number of carbonyl (C=O) groups is 3. The lowest BCUT2D eigenvalue weighted by Crippen LogP contribution is -2.77. The quantitative estimate of drug-likeness (QED) is 0.0908. The number of carboxylic acids is 1. The standard InChI is InChI=1S/C55H66N2O9/c1-30(2)14-13-21-53(11)22-20-40-47(64-53)39(18-17-31(3)4)49-44(48(40)63-38-25-32(5)24-37(28-38)56-29-43(58)57-45-33(6)15-12-16-34(45)7)46(59)41-26-36-27-42-52(9,10)66-54(50(36)60,55(41,42)65-49)23-19-35(8)51(61)62/h12,14-17,19-20,22,24-25,28,36,41-42,50,56,60H,13,18,21,23,26-27,29H2,1-11H3,(H,57,58)(H,61,62)/b35-19+. The third-order valence-electron chi connectivity index (χ3n) is 14.7. The normalized spacial score (nSPS) is 27.4. The van der Waals surface area contributed by atoms with E-state index in [1.165, 1.54) is 12.5 Å². The van der Waals surface area contributed by atoms with Crippen LogP contribution in [0.2, 0.25) is 0 Å². The van der Waals surface area contributed by atoms with Crippen molar-refractivity contribution in [3.8, 4) is 23.0 Å². The van der Waals surface area contributed by atoms with Gasteiger partial charge < -0.3 is 39.8 Å². The lowest BCUT2D eigenvalue weighted by molar-refractivity contribution is -0.253. The van der Waals surface area contributed by atoms with Crippen LogP contribution in [0.5, 0.6) is 23.0 Å². The number of fused-ring (bicyclic) bond motifs is 2. The van der Waals surface area contributed by atoms with Gasteiger partial charge in [-0.2, -0.15) is 0 Å². The molecule has 3 aliphatic heterocycles. The molecule has 1 amide bonds. The predicted octanol–water partition coefficient (Wildman–Crippen LogP) is 11.2. The van der Waals surface area contributed by atoms with Crippen molar-refractivity contribution in [3.63, 3.8) is 0 Å². The first kappa shape index (κ1) is 46.9. The number of carboxylic acid groups (broad SMARTS) is 1. The maximum Gasteiger partial charge on any atom is 0.330 e. The highest BCUT2D eigenvalue weighted by molar-refractivity contribution is 6.07. The van der Waals surface area contributed by atoms with Crippen LogP contribution in [0.4, 0.5) is 11.4 Å². The molecule has 66 heavy (non-hydrogen) atoms. The average Bonchev–Trinajstić information content (AvgIpc) is 3.39. The Balaban J connectivity index is 1.28. The number of rotatable bonds is 14. The number of ether oxygens (including phenoxy) is 4. The first-order valence-corrected chi connectivity index (χ1v) is 23.4. The maximum absolute atomic E-state index is 15.9. The zero-order chi connectivity index (χ0) is 47.7. The number of allylic oxidation sites excluding steroid dienone is 4. The molecular weight excluding hydrogens is 833 g/mol. The summed E-state index contributed by atoms with van der Waals surface area (Å²) in [4.78, 5) is 41.4. The van der Waals surface area contributed by atoms with Gasteiger partial charge in [-0.05, 0) is 155 Å². The van der Waals surface area contributed by atoms with Crippen molar-refractivity contribution >= 4 is 35.1 Å². The number of aliphatic hydroxyl groups excluding tert-OH is 1. The molecule has 3 aromatic carbocycles. The number of carbonyl (C=O) groups excluding carboxylic acids is 2. The van der Waals surface area contributed by atoms with Gasteiger partial charge in [0.25, 0.3) is 0 Å². The zero-order valence-electron chi connectivity index (χ0n) is 40.4. The Morgan fingerprint density at radius 2 is 1.64 bits per heavy atom. The van der Waals surface area contributed by atoms with Crippen molar-refractivity contribution in [1.29, 1.82) is 0 Å². The van der Waals surface area contributed by atoms with E-state index in [-0.39, 0.29) is 42.1 Å². The predicted molar refractivity (Wildman–Crippen MR) is 258 cm³/mol. The Labute approximate surface area is 389 Å². The number of hydrogen-bond donors (Lipinski definition) is 4. The number of aliphatic carboxylic acids is 1. The van der Waals surface area contributed by atoms with Gasteiger partial charge in [-0.15, -0.1) is 0 Å². The number of para-hydroxylation sites is 1. The molecule has 7 atom stereocenters. The number of amides is 1. The highest BCUT2D eigenvalue weighted by Gasteiger charge is 2.83. The summed E-state index contributed by atoms with van der Waals surface area (Å²) in [5, 5.41) is 28.7. The second-order valence-corrected chi connectivity index (χ2v) is 20.6. The smallest absolute Gasteiger partial charge is 0.330 e. The molecule has 1 saturated heterocycles. The number of nitrogens with one attached hydrogen (secondary N) is 2. The van der Waals surface area contributed by atoms with Gasteiger partial charge in [0.2, 0.25) is 5.91 Å². The molecule has 4 N–H and O–H groups in total. The summed E-state index contributed by atoms with van der Waals surface area (Å²) < 4.78 is 28.9. The van der Waals surface area contributed by atoms with E-state index in [0.29, 0.717) is 71.1 Å². The monoisotopic (exact) mass is 898 g/mol.